The van der Waals surface area contributed by atoms with Gasteiger partial charge in [-0.25, -0.2) is 9.59 Å². The van der Waals surface area contributed by atoms with Crippen LogP contribution in [-0.2, 0) is 11.3 Å². The summed E-state index contributed by atoms with van der Waals surface area (Å²) in [6.07, 6.45) is 0.321. The number of carboxylic acids is 1. The molecule has 2 aliphatic heterocycles. The van der Waals surface area contributed by atoms with Gasteiger partial charge in [-0.15, -0.1) is 0 Å². The third kappa shape index (κ3) is 2.92. The van der Waals surface area contributed by atoms with Crippen molar-refractivity contribution in [2.45, 2.75) is 19.1 Å². The lowest BCUT2D eigenvalue weighted by Gasteiger charge is -2.46. The van der Waals surface area contributed by atoms with Crippen LogP contribution in [0.15, 0.2) is 42.5 Å². The molecule has 0 aromatic heterocycles. The predicted molar refractivity (Wildman–Crippen MR) is 94.9 cm³/mol. The van der Waals surface area contributed by atoms with E-state index in [-0.39, 0.29) is 17.9 Å². The molecule has 0 saturated carbocycles. The fourth-order valence-corrected chi connectivity index (χ4v) is 3.24. The molecule has 4 rings (SSSR count). The Morgan fingerprint density at radius 1 is 1.23 bits per heavy atom. The van der Waals surface area contributed by atoms with Gasteiger partial charge in [0, 0.05) is 6.54 Å². The summed E-state index contributed by atoms with van der Waals surface area (Å²) in [6, 6.07) is 12.9. The van der Waals surface area contributed by atoms with Gasteiger partial charge in [0.05, 0.1) is 17.4 Å². The highest BCUT2D eigenvalue weighted by Crippen LogP contribution is 2.43. The molecule has 1 amide bonds. The highest BCUT2D eigenvalue weighted by Gasteiger charge is 2.37. The van der Waals surface area contributed by atoms with Gasteiger partial charge in [0.1, 0.15) is 18.8 Å². The minimum atomic E-state index is -1.15. The zero-order valence-electron chi connectivity index (χ0n) is 14.0. The number of benzene rings is 2. The Kier molecular flexibility index (Phi) is 4.12. The summed E-state index contributed by atoms with van der Waals surface area (Å²) in [5.74, 6) is -0.853. The molecule has 1 saturated heterocycles. The van der Waals surface area contributed by atoms with Gasteiger partial charge in [0.25, 0.3) is 0 Å². The first-order valence-electron chi connectivity index (χ1n) is 8.41. The number of hydrogen-bond acceptors (Lipinski definition) is 5. The molecule has 1 atom stereocenters. The van der Waals surface area contributed by atoms with Crippen molar-refractivity contribution in [1.29, 1.82) is 0 Å². The van der Waals surface area contributed by atoms with Gasteiger partial charge in [-0.05, 0) is 24.1 Å². The maximum absolute atomic E-state index is 12.1. The summed E-state index contributed by atoms with van der Waals surface area (Å²) < 4.78 is 10.9. The summed E-state index contributed by atoms with van der Waals surface area (Å²) in [4.78, 5) is 26.0. The third-order valence-corrected chi connectivity index (χ3v) is 4.67. The molecule has 1 fully saturated rings. The topological polar surface area (TPSA) is 88.1 Å². The Hall–Kier alpha value is -3.22. The lowest BCUT2D eigenvalue weighted by Crippen LogP contribution is -2.53. The van der Waals surface area contributed by atoms with Crippen LogP contribution in [0.25, 0.3) is 0 Å². The van der Waals surface area contributed by atoms with Gasteiger partial charge in [0.15, 0.2) is 5.75 Å². The summed E-state index contributed by atoms with van der Waals surface area (Å²) in [5, 5.41) is 12.1. The Labute approximate surface area is 150 Å². The molecular formula is C19H18N2O5. The van der Waals surface area contributed by atoms with Crippen molar-refractivity contribution in [3.8, 4) is 5.75 Å². The first kappa shape index (κ1) is 16.3. The summed E-state index contributed by atoms with van der Waals surface area (Å²) in [6.45, 7) is 1.44. The number of aromatic carboxylic acids is 1. The van der Waals surface area contributed by atoms with E-state index >= 15 is 0 Å². The first-order chi connectivity index (χ1) is 12.6. The smallest absolute Gasteiger partial charge is 0.411 e. The molecule has 0 spiro atoms. The first-order valence-corrected chi connectivity index (χ1v) is 8.41. The number of carboxylic acid groups (broad SMARTS) is 1. The van der Waals surface area contributed by atoms with Crippen LogP contribution in [0.5, 0.6) is 5.75 Å². The highest BCUT2D eigenvalue weighted by molar-refractivity contribution is 6.03. The Morgan fingerprint density at radius 3 is 2.73 bits per heavy atom. The number of hydrogen-bond donors (Lipinski definition) is 2. The number of rotatable bonds is 4. The van der Waals surface area contributed by atoms with Gasteiger partial charge in [-0.3, -0.25) is 5.32 Å². The lowest BCUT2D eigenvalue weighted by atomic mass is 9.98. The van der Waals surface area contributed by atoms with Crippen molar-refractivity contribution in [2.24, 2.45) is 0 Å². The van der Waals surface area contributed by atoms with E-state index in [0.717, 1.165) is 24.2 Å². The van der Waals surface area contributed by atoms with Gasteiger partial charge >= 0.3 is 12.1 Å². The molecular weight excluding hydrogens is 336 g/mol. The molecule has 0 bridgehead atoms. The number of carbonyl (C=O) groups excluding carboxylic acids is 1. The van der Waals surface area contributed by atoms with Crippen molar-refractivity contribution in [2.75, 3.05) is 23.4 Å². The maximum Gasteiger partial charge on any atom is 0.411 e. The predicted octanol–water partition coefficient (Wildman–Crippen LogP) is 3.10. The number of amides is 1. The van der Waals surface area contributed by atoms with Crippen LogP contribution >= 0.6 is 0 Å². The Bertz CT molecular complexity index is 853. The molecule has 0 unspecified atom stereocenters. The number of nitrogens with one attached hydrogen (secondary N) is 1. The van der Waals surface area contributed by atoms with Crippen molar-refractivity contribution in [3.63, 3.8) is 0 Å². The van der Waals surface area contributed by atoms with Crippen LogP contribution in [0.4, 0.5) is 16.2 Å². The zero-order chi connectivity index (χ0) is 18.1. The zero-order valence-corrected chi connectivity index (χ0v) is 14.0. The SMILES string of the molecule is O=C(Nc1ccc2c(c1C(=O)O)OC[C@H]1CCN21)OCc1ccccc1. The average Bonchev–Trinajstić information content (AvgIpc) is 2.61. The molecule has 2 heterocycles. The summed E-state index contributed by atoms with van der Waals surface area (Å²) >= 11 is 0. The van der Waals surface area contributed by atoms with E-state index in [1.165, 1.54) is 0 Å². The quantitative estimate of drug-likeness (QED) is 0.877. The molecule has 134 valence electrons. The van der Waals surface area contributed by atoms with Crippen LogP contribution in [-0.4, -0.2) is 36.4 Å². The number of carbonyl (C=O) groups is 2. The number of fused-ring (bicyclic) bond motifs is 3. The molecule has 2 N–H and O–H groups in total. The van der Waals surface area contributed by atoms with Crippen LogP contribution in [0, 0.1) is 0 Å². The van der Waals surface area contributed by atoms with E-state index in [4.69, 9.17) is 9.47 Å². The van der Waals surface area contributed by atoms with Gasteiger partial charge in [-0.2, -0.15) is 0 Å². The normalized spacial score (nSPS) is 17.2. The van der Waals surface area contributed by atoms with Crippen LogP contribution in [0.3, 0.4) is 0 Å². The van der Waals surface area contributed by atoms with Crippen molar-refractivity contribution in [3.05, 3.63) is 53.6 Å². The molecule has 7 heteroatoms. The molecule has 2 aromatic rings. The fraction of sp³-hybridized carbons (Fsp3) is 0.263. The van der Waals surface area contributed by atoms with Crippen molar-refractivity contribution < 1.29 is 24.2 Å². The van der Waals surface area contributed by atoms with Gasteiger partial charge in [-0.1, -0.05) is 30.3 Å². The van der Waals surface area contributed by atoms with E-state index < -0.39 is 12.1 Å². The van der Waals surface area contributed by atoms with Crippen LogP contribution in [0.2, 0.25) is 0 Å². The fourth-order valence-electron chi connectivity index (χ4n) is 3.24. The third-order valence-electron chi connectivity index (χ3n) is 4.67. The molecule has 0 radical (unpaired) electrons. The van der Waals surface area contributed by atoms with Crippen LogP contribution < -0.4 is 15.0 Å². The lowest BCUT2D eigenvalue weighted by molar-refractivity contribution is 0.0691. The Balaban J connectivity index is 1.53. The molecule has 0 aliphatic carbocycles. The van der Waals surface area contributed by atoms with E-state index in [2.05, 4.69) is 10.2 Å². The van der Waals surface area contributed by atoms with Gasteiger partial charge in [0.2, 0.25) is 0 Å². The van der Waals surface area contributed by atoms with Crippen LogP contribution in [0.1, 0.15) is 22.3 Å². The van der Waals surface area contributed by atoms with E-state index in [1.807, 2.05) is 30.3 Å². The summed E-state index contributed by atoms with van der Waals surface area (Å²) in [5.41, 5.74) is 1.71. The van der Waals surface area contributed by atoms with Crippen molar-refractivity contribution in [1.82, 2.24) is 0 Å². The Morgan fingerprint density at radius 2 is 2.04 bits per heavy atom. The van der Waals surface area contributed by atoms with E-state index in [9.17, 15) is 14.7 Å². The monoisotopic (exact) mass is 354 g/mol. The van der Waals surface area contributed by atoms with E-state index in [1.54, 1.807) is 12.1 Å². The largest absolute Gasteiger partial charge is 0.488 e. The van der Waals surface area contributed by atoms with Gasteiger partial charge < -0.3 is 19.5 Å². The second kappa shape index (κ2) is 6.59. The van der Waals surface area contributed by atoms with E-state index in [0.29, 0.717) is 18.4 Å². The highest BCUT2D eigenvalue weighted by atomic mass is 16.5. The standard InChI is InChI=1S/C19H18N2O5/c22-18(23)16-14(20-19(24)26-10-12-4-2-1-3-5-12)6-7-15-17(16)25-11-13-8-9-21(13)15/h1-7,13H,8-11H2,(H,20,24)(H,22,23)/t13-/m1/s1. The molecule has 2 aliphatic rings. The second-order valence-corrected chi connectivity index (χ2v) is 6.28. The molecule has 7 nitrogen and oxygen atoms in total. The number of nitrogens with zero attached hydrogens (tertiary/aromatic N) is 1. The second-order valence-electron chi connectivity index (χ2n) is 6.28. The summed E-state index contributed by atoms with van der Waals surface area (Å²) in [7, 11) is 0. The number of ether oxygens (including phenoxy) is 2. The maximum atomic E-state index is 12.1. The average molecular weight is 354 g/mol. The van der Waals surface area contributed by atoms with Crippen molar-refractivity contribution >= 4 is 23.4 Å². The minimum Gasteiger partial charge on any atom is -0.488 e. The number of anilines is 2. The molecule has 2 aromatic carbocycles. The minimum absolute atomic E-state index is 0.0514. The molecule has 26 heavy (non-hydrogen) atoms.